The van der Waals surface area contributed by atoms with Gasteiger partial charge in [-0.2, -0.15) is 4.98 Å². The van der Waals surface area contributed by atoms with Crippen LogP contribution in [0.4, 0.5) is 17.5 Å². The lowest BCUT2D eigenvalue weighted by molar-refractivity contribution is -0.384. The van der Waals surface area contributed by atoms with Crippen LogP contribution in [0.3, 0.4) is 0 Å². The molecule has 0 fully saturated rings. The highest BCUT2D eigenvalue weighted by molar-refractivity contribution is 5.58. The minimum atomic E-state index is -0.461. The normalized spacial score (nSPS) is 10.1. The van der Waals surface area contributed by atoms with Crippen LogP contribution in [0.5, 0.6) is 0 Å². The third-order valence-corrected chi connectivity index (χ3v) is 2.20. The fraction of sp³-hybridized carbons (Fsp3) is 0.600. The highest BCUT2D eigenvalue weighted by atomic mass is 16.6. The molecule has 1 rings (SSSR count). The van der Waals surface area contributed by atoms with Gasteiger partial charge in [-0.25, -0.2) is 4.98 Å². The number of anilines is 2. The zero-order valence-electron chi connectivity index (χ0n) is 10.3. The Hall–Kier alpha value is -1.92. The molecule has 94 valence electrons. The Morgan fingerprint density at radius 3 is 2.76 bits per heavy atom. The van der Waals surface area contributed by atoms with Crippen molar-refractivity contribution < 1.29 is 4.92 Å². The topological polar surface area (TPSA) is 84.2 Å². The zero-order chi connectivity index (χ0) is 12.8. The van der Waals surface area contributed by atoms with E-state index in [1.54, 1.807) is 11.9 Å². The number of rotatable bonds is 6. The molecule has 7 heteroatoms. The molecule has 1 heterocycles. The molecule has 0 radical (unpaired) electrons. The molecule has 1 N–H and O–H groups in total. The first kappa shape index (κ1) is 13.1. The lowest BCUT2D eigenvalue weighted by Gasteiger charge is -2.17. The van der Waals surface area contributed by atoms with Gasteiger partial charge >= 0.3 is 5.69 Å². The van der Waals surface area contributed by atoms with Crippen LogP contribution in [0.25, 0.3) is 0 Å². The van der Waals surface area contributed by atoms with Gasteiger partial charge in [0.15, 0.2) is 0 Å². The van der Waals surface area contributed by atoms with Gasteiger partial charge in [-0.05, 0) is 13.3 Å². The van der Waals surface area contributed by atoms with E-state index >= 15 is 0 Å². The Balaban J connectivity index is 3.10. The van der Waals surface area contributed by atoms with Crippen LogP contribution in [0.1, 0.15) is 20.3 Å². The van der Waals surface area contributed by atoms with Gasteiger partial charge < -0.3 is 10.2 Å². The first-order chi connectivity index (χ1) is 8.10. The van der Waals surface area contributed by atoms with Crippen molar-refractivity contribution in [3.8, 4) is 0 Å². The third-order valence-electron chi connectivity index (χ3n) is 2.20. The average Bonchev–Trinajstić information content (AvgIpc) is 2.29. The largest absolute Gasteiger partial charge is 0.354 e. The summed E-state index contributed by atoms with van der Waals surface area (Å²) < 4.78 is 0. The Bertz CT molecular complexity index is 396. The maximum Gasteiger partial charge on any atom is 0.329 e. The maximum atomic E-state index is 10.9. The summed E-state index contributed by atoms with van der Waals surface area (Å²) in [7, 11) is 1.79. The highest BCUT2D eigenvalue weighted by Crippen LogP contribution is 2.25. The molecule has 17 heavy (non-hydrogen) atoms. The summed E-state index contributed by atoms with van der Waals surface area (Å²) >= 11 is 0. The van der Waals surface area contributed by atoms with Gasteiger partial charge in [-0.3, -0.25) is 10.1 Å². The Morgan fingerprint density at radius 2 is 2.24 bits per heavy atom. The predicted molar refractivity (Wildman–Crippen MR) is 66.4 cm³/mol. The molecule has 1 aromatic rings. The number of nitrogens with zero attached hydrogens (tertiary/aromatic N) is 4. The summed E-state index contributed by atoms with van der Waals surface area (Å²) in [6.07, 6.45) is 2.14. The molecule has 0 amide bonds. The molecule has 0 unspecified atom stereocenters. The van der Waals surface area contributed by atoms with Crippen molar-refractivity contribution in [3.05, 3.63) is 16.3 Å². The van der Waals surface area contributed by atoms with Gasteiger partial charge in [0.1, 0.15) is 6.20 Å². The number of hydrogen-bond donors (Lipinski definition) is 1. The van der Waals surface area contributed by atoms with Gasteiger partial charge in [-0.15, -0.1) is 0 Å². The molecule has 0 saturated carbocycles. The van der Waals surface area contributed by atoms with Gasteiger partial charge in [0, 0.05) is 20.1 Å². The van der Waals surface area contributed by atoms with Crippen molar-refractivity contribution in [1.29, 1.82) is 0 Å². The SMILES string of the molecule is CCCN(C)c1nc(NCC)ncc1[N+](=O)[O-]. The molecular weight excluding hydrogens is 222 g/mol. The van der Waals surface area contributed by atoms with E-state index in [1.165, 1.54) is 6.20 Å². The van der Waals surface area contributed by atoms with E-state index in [9.17, 15) is 10.1 Å². The van der Waals surface area contributed by atoms with Crippen LogP contribution in [-0.4, -0.2) is 35.0 Å². The van der Waals surface area contributed by atoms with E-state index in [0.717, 1.165) is 6.42 Å². The molecule has 0 aliphatic heterocycles. The molecule has 7 nitrogen and oxygen atoms in total. The number of nitrogens with one attached hydrogen (secondary N) is 1. The smallest absolute Gasteiger partial charge is 0.329 e. The third kappa shape index (κ3) is 3.27. The summed E-state index contributed by atoms with van der Waals surface area (Å²) in [4.78, 5) is 20.2. The molecular formula is C10H17N5O2. The van der Waals surface area contributed by atoms with Crippen molar-refractivity contribution in [1.82, 2.24) is 9.97 Å². The molecule has 1 aromatic heterocycles. The zero-order valence-corrected chi connectivity index (χ0v) is 10.3. The number of aromatic nitrogens is 2. The van der Waals surface area contributed by atoms with Crippen LogP contribution in [-0.2, 0) is 0 Å². The lowest BCUT2D eigenvalue weighted by Crippen LogP contribution is -2.21. The first-order valence-electron chi connectivity index (χ1n) is 5.56. The number of nitro groups is 1. The molecule has 0 saturated heterocycles. The molecule has 0 bridgehead atoms. The average molecular weight is 239 g/mol. The van der Waals surface area contributed by atoms with E-state index in [4.69, 9.17) is 0 Å². The Labute approximate surface area is 100 Å². The van der Waals surface area contributed by atoms with Crippen molar-refractivity contribution in [2.75, 3.05) is 30.4 Å². The second kappa shape index (κ2) is 5.97. The van der Waals surface area contributed by atoms with Crippen LogP contribution in [0, 0.1) is 10.1 Å². The Kier molecular flexibility index (Phi) is 4.62. The van der Waals surface area contributed by atoms with Crippen LogP contribution in [0.15, 0.2) is 6.20 Å². The van der Waals surface area contributed by atoms with E-state index < -0.39 is 4.92 Å². The first-order valence-corrected chi connectivity index (χ1v) is 5.56. The minimum Gasteiger partial charge on any atom is -0.354 e. The van der Waals surface area contributed by atoms with Crippen molar-refractivity contribution >= 4 is 17.5 Å². The van der Waals surface area contributed by atoms with Crippen LogP contribution >= 0.6 is 0 Å². The summed E-state index contributed by atoms with van der Waals surface area (Å²) in [6, 6.07) is 0. The summed E-state index contributed by atoms with van der Waals surface area (Å²) in [5.74, 6) is 0.763. The van der Waals surface area contributed by atoms with Crippen molar-refractivity contribution in [2.24, 2.45) is 0 Å². The van der Waals surface area contributed by atoms with Gasteiger partial charge in [0.25, 0.3) is 0 Å². The van der Waals surface area contributed by atoms with Crippen LogP contribution in [0.2, 0.25) is 0 Å². The molecule has 0 atom stereocenters. The maximum absolute atomic E-state index is 10.9. The summed E-state index contributed by atoms with van der Waals surface area (Å²) in [5, 5.41) is 13.8. The molecule has 0 spiro atoms. The quantitative estimate of drug-likeness (QED) is 0.600. The summed E-state index contributed by atoms with van der Waals surface area (Å²) in [6.45, 7) is 5.31. The second-order valence-corrected chi connectivity index (χ2v) is 3.61. The van der Waals surface area contributed by atoms with Gasteiger partial charge in [-0.1, -0.05) is 6.92 Å². The van der Waals surface area contributed by atoms with E-state index in [0.29, 0.717) is 24.9 Å². The van der Waals surface area contributed by atoms with Gasteiger partial charge in [0.05, 0.1) is 4.92 Å². The second-order valence-electron chi connectivity index (χ2n) is 3.61. The van der Waals surface area contributed by atoms with Crippen molar-refractivity contribution in [2.45, 2.75) is 20.3 Å². The number of hydrogen-bond acceptors (Lipinski definition) is 6. The van der Waals surface area contributed by atoms with Crippen molar-refractivity contribution in [3.63, 3.8) is 0 Å². The highest BCUT2D eigenvalue weighted by Gasteiger charge is 2.20. The fourth-order valence-electron chi connectivity index (χ4n) is 1.46. The van der Waals surface area contributed by atoms with E-state index in [1.807, 2.05) is 13.8 Å². The monoisotopic (exact) mass is 239 g/mol. The minimum absolute atomic E-state index is 0.0670. The standard InChI is InChI=1S/C10H17N5O2/c1-4-6-14(3)9-8(15(16)17)7-12-10(13-9)11-5-2/h7H,4-6H2,1-3H3,(H,11,12,13). The molecule has 0 aliphatic carbocycles. The van der Waals surface area contributed by atoms with E-state index in [-0.39, 0.29) is 5.69 Å². The predicted octanol–water partition coefficient (Wildman–Crippen LogP) is 1.66. The molecule has 0 aliphatic rings. The Morgan fingerprint density at radius 1 is 1.53 bits per heavy atom. The van der Waals surface area contributed by atoms with Crippen LogP contribution < -0.4 is 10.2 Å². The fourth-order valence-corrected chi connectivity index (χ4v) is 1.46. The summed E-state index contributed by atoms with van der Waals surface area (Å²) in [5.41, 5.74) is -0.0670. The van der Waals surface area contributed by atoms with E-state index in [2.05, 4.69) is 15.3 Å². The van der Waals surface area contributed by atoms with Gasteiger partial charge in [0.2, 0.25) is 11.8 Å². The molecule has 0 aromatic carbocycles. The lowest BCUT2D eigenvalue weighted by atomic mass is 10.4.